The van der Waals surface area contributed by atoms with Crippen molar-refractivity contribution in [1.29, 1.82) is 0 Å². The number of carboxylic acid groups (broad SMARTS) is 1. The van der Waals surface area contributed by atoms with E-state index in [0.717, 1.165) is 6.07 Å². The largest absolute Gasteiger partial charge is 0.481 e. The van der Waals surface area contributed by atoms with Crippen molar-refractivity contribution in [3.05, 3.63) is 59.7 Å². The van der Waals surface area contributed by atoms with Crippen molar-refractivity contribution < 1.29 is 23.5 Å². The molecule has 0 aliphatic rings. The van der Waals surface area contributed by atoms with E-state index in [2.05, 4.69) is 0 Å². The Kier molecular flexibility index (Phi) is 5.57. The highest BCUT2D eigenvalue weighted by molar-refractivity contribution is 5.97. The maximum Gasteiger partial charge on any atom is 0.303 e. The summed E-state index contributed by atoms with van der Waals surface area (Å²) in [5.74, 6) is -3.38. The lowest BCUT2D eigenvalue weighted by molar-refractivity contribution is -0.137. The maximum absolute atomic E-state index is 14.6. The molecule has 0 radical (unpaired) electrons. The molecule has 120 valence electrons. The first-order valence-electron chi connectivity index (χ1n) is 7.29. The molecule has 0 bridgehead atoms. The lowest BCUT2D eigenvalue weighted by Crippen LogP contribution is -2.07. The summed E-state index contributed by atoms with van der Waals surface area (Å²) in [6.45, 7) is 0. The van der Waals surface area contributed by atoms with Gasteiger partial charge in [0.15, 0.2) is 5.78 Å². The van der Waals surface area contributed by atoms with E-state index in [0.29, 0.717) is 12.0 Å². The molecular formula is C18H16F2O3. The minimum atomic E-state index is -0.958. The molecule has 0 heterocycles. The van der Waals surface area contributed by atoms with Gasteiger partial charge in [0.05, 0.1) is 5.56 Å². The Labute approximate surface area is 132 Å². The maximum atomic E-state index is 14.6. The Morgan fingerprint density at radius 2 is 1.57 bits per heavy atom. The number of aliphatic carboxylic acids is 1. The van der Waals surface area contributed by atoms with Gasteiger partial charge in [-0.05, 0) is 30.5 Å². The highest BCUT2D eigenvalue weighted by Crippen LogP contribution is 2.27. The van der Waals surface area contributed by atoms with Gasteiger partial charge in [-0.25, -0.2) is 8.78 Å². The summed E-state index contributed by atoms with van der Waals surface area (Å²) < 4.78 is 28.4. The Balaban J connectivity index is 2.21. The molecule has 3 nitrogen and oxygen atoms in total. The highest BCUT2D eigenvalue weighted by atomic mass is 19.1. The van der Waals surface area contributed by atoms with Gasteiger partial charge in [-0.1, -0.05) is 30.3 Å². The number of carbonyl (C=O) groups is 2. The lowest BCUT2D eigenvalue weighted by atomic mass is 9.97. The number of carbonyl (C=O) groups excluding carboxylic acids is 1. The molecule has 2 rings (SSSR count). The zero-order valence-corrected chi connectivity index (χ0v) is 12.4. The van der Waals surface area contributed by atoms with Gasteiger partial charge in [-0.3, -0.25) is 9.59 Å². The molecule has 0 aliphatic heterocycles. The first kappa shape index (κ1) is 16.8. The molecule has 0 amide bonds. The summed E-state index contributed by atoms with van der Waals surface area (Å²) in [5.41, 5.74) is 0.174. The predicted octanol–water partition coefficient (Wildman–Crippen LogP) is 4.46. The molecule has 2 aromatic rings. The van der Waals surface area contributed by atoms with Crippen molar-refractivity contribution >= 4 is 11.8 Å². The first-order chi connectivity index (χ1) is 11.0. The Morgan fingerprint density at radius 3 is 2.22 bits per heavy atom. The fourth-order valence-electron chi connectivity index (χ4n) is 2.34. The molecule has 5 heteroatoms. The molecule has 0 unspecified atom stereocenters. The van der Waals surface area contributed by atoms with E-state index < -0.39 is 29.0 Å². The SMILES string of the molecule is O=C(O)CCCCC(=O)c1c(F)ccc(-c2ccccc2)c1F. The van der Waals surface area contributed by atoms with Crippen LogP contribution in [0.1, 0.15) is 36.0 Å². The third-order valence-electron chi connectivity index (χ3n) is 3.50. The summed E-state index contributed by atoms with van der Waals surface area (Å²) in [5, 5.41) is 8.54. The monoisotopic (exact) mass is 318 g/mol. The van der Waals surface area contributed by atoms with E-state index in [-0.39, 0.29) is 24.8 Å². The number of Topliss-reactive ketones (excluding diaryl/α,β-unsaturated/α-hetero) is 1. The van der Waals surface area contributed by atoms with Crippen molar-refractivity contribution in [3.63, 3.8) is 0 Å². The van der Waals surface area contributed by atoms with Crippen LogP contribution >= 0.6 is 0 Å². The number of carboxylic acids is 1. The van der Waals surface area contributed by atoms with Crippen molar-refractivity contribution in [2.24, 2.45) is 0 Å². The van der Waals surface area contributed by atoms with Crippen LogP contribution in [0.4, 0.5) is 8.78 Å². The number of benzene rings is 2. The number of rotatable bonds is 7. The van der Waals surface area contributed by atoms with Crippen LogP contribution in [0.5, 0.6) is 0 Å². The van der Waals surface area contributed by atoms with E-state index >= 15 is 0 Å². The van der Waals surface area contributed by atoms with Gasteiger partial charge in [0.25, 0.3) is 0 Å². The lowest BCUT2D eigenvalue weighted by Gasteiger charge is -2.09. The number of ketones is 1. The molecular weight excluding hydrogens is 302 g/mol. The van der Waals surface area contributed by atoms with Crippen LogP contribution < -0.4 is 0 Å². The minimum Gasteiger partial charge on any atom is -0.481 e. The molecule has 0 saturated heterocycles. The molecule has 0 aromatic heterocycles. The fraction of sp³-hybridized carbons (Fsp3) is 0.222. The third kappa shape index (κ3) is 4.22. The average molecular weight is 318 g/mol. The Hall–Kier alpha value is -2.56. The van der Waals surface area contributed by atoms with Crippen LogP contribution in [0.25, 0.3) is 11.1 Å². The van der Waals surface area contributed by atoms with Crippen molar-refractivity contribution in [2.45, 2.75) is 25.7 Å². The van der Waals surface area contributed by atoms with Gasteiger partial charge in [-0.15, -0.1) is 0 Å². The van der Waals surface area contributed by atoms with Gasteiger partial charge in [0.1, 0.15) is 11.6 Å². The van der Waals surface area contributed by atoms with Crippen molar-refractivity contribution in [1.82, 2.24) is 0 Å². The molecule has 2 aromatic carbocycles. The van der Waals surface area contributed by atoms with Gasteiger partial charge >= 0.3 is 5.97 Å². The topological polar surface area (TPSA) is 54.4 Å². The van der Waals surface area contributed by atoms with Gasteiger partial charge in [0.2, 0.25) is 0 Å². The normalized spacial score (nSPS) is 10.5. The highest BCUT2D eigenvalue weighted by Gasteiger charge is 2.20. The van der Waals surface area contributed by atoms with E-state index in [1.165, 1.54) is 6.07 Å². The van der Waals surface area contributed by atoms with Crippen molar-refractivity contribution in [2.75, 3.05) is 0 Å². The molecule has 0 saturated carbocycles. The number of halogens is 2. The Bertz CT molecular complexity index is 712. The second-order valence-corrected chi connectivity index (χ2v) is 5.17. The summed E-state index contributed by atoms with van der Waals surface area (Å²) in [4.78, 5) is 22.5. The molecule has 0 aliphatic carbocycles. The second kappa shape index (κ2) is 7.63. The molecule has 0 fully saturated rings. The molecule has 0 spiro atoms. The predicted molar refractivity (Wildman–Crippen MR) is 82.2 cm³/mol. The van der Waals surface area contributed by atoms with Gasteiger partial charge in [0, 0.05) is 18.4 Å². The number of hydrogen-bond acceptors (Lipinski definition) is 2. The van der Waals surface area contributed by atoms with E-state index in [9.17, 15) is 18.4 Å². The van der Waals surface area contributed by atoms with Gasteiger partial charge in [-0.2, -0.15) is 0 Å². The third-order valence-corrected chi connectivity index (χ3v) is 3.50. The van der Waals surface area contributed by atoms with Crippen LogP contribution in [0.2, 0.25) is 0 Å². The van der Waals surface area contributed by atoms with Gasteiger partial charge < -0.3 is 5.11 Å². The number of unbranched alkanes of at least 4 members (excludes halogenated alkanes) is 1. The summed E-state index contributed by atoms with van der Waals surface area (Å²) in [7, 11) is 0. The van der Waals surface area contributed by atoms with Crippen LogP contribution in [0.3, 0.4) is 0 Å². The zero-order valence-electron chi connectivity index (χ0n) is 12.4. The van der Waals surface area contributed by atoms with E-state index in [4.69, 9.17) is 5.11 Å². The van der Waals surface area contributed by atoms with Crippen LogP contribution in [0.15, 0.2) is 42.5 Å². The molecule has 1 N–H and O–H groups in total. The summed E-state index contributed by atoms with van der Waals surface area (Å²) in [6.07, 6.45) is 0.421. The molecule has 0 atom stereocenters. The first-order valence-corrected chi connectivity index (χ1v) is 7.29. The zero-order chi connectivity index (χ0) is 16.8. The standard InChI is InChI=1S/C18H16F2O3/c19-14-11-10-13(12-6-2-1-3-7-12)18(20)17(14)15(21)8-4-5-9-16(22)23/h1-3,6-7,10-11H,4-5,8-9H2,(H,22,23). The minimum absolute atomic E-state index is 0.0672. The fourth-order valence-corrected chi connectivity index (χ4v) is 2.34. The summed E-state index contributed by atoms with van der Waals surface area (Å²) in [6, 6.07) is 11.0. The summed E-state index contributed by atoms with van der Waals surface area (Å²) >= 11 is 0. The second-order valence-electron chi connectivity index (χ2n) is 5.17. The smallest absolute Gasteiger partial charge is 0.303 e. The van der Waals surface area contributed by atoms with E-state index in [1.54, 1.807) is 30.3 Å². The average Bonchev–Trinajstić information content (AvgIpc) is 2.52. The van der Waals surface area contributed by atoms with Crippen LogP contribution in [-0.4, -0.2) is 16.9 Å². The van der Waals surface area contributed by atoms with Crippen LogP contribution in [-0.2, 0) is 4.79 Å². The van der Waals surface area contributed by atoms with Crippen molar-refractivity contribution in [3.8, 4) is 11.1 Å². The Morgan fingerprint density at radius 1 is 0.913 bits per heavy atom. The van der Waals surface area contributed by atoms with E-state index in [1.807, 2.05) is 0 Å². The van der Waals surface area contributed by atoms with Crippen LogP contribution in [0, 0.1) is 11.6 Å². The quantitative estimate of drug-likeness (QED) is 0.606. The molecule has 23 heavy (non-hydrogen) atoms. The number of hydrogen-bond donors (Lipinski definition) is 1.